The lowest BCUT2D eigenvalue weighted by molar-refractivity contribution is 0.101. The largest absolute Gasteiger partial charge is 0.355 e. The van der Waals surface area contributed by atoms with E-state index in [-0.39, 0.29) is 5.78 Å². The quantitative estimate of drug-likeness (QED) is 0.495. The Labute approximate surface area is 181 Å². The van der Waals surface area contributed by atoms with Gasteiger partial charge >= 0.3 is 0 Å². The van der Waals surface area contributed by atoms with Crippen molar-refractivity contribution >= 4 is 22.8 Å². The van der Waals surface area contributed by atoms with Gasteiger partial charge in [-0.15, -0.1) is 0 Å². The number of carbonyl (C=O) groups excluding carboxylic acids is 1. The van der Waals surface area contributed by atoms with Crippen LogP contribution in [0.25, 0.3) is 33.8 Å². The van der Waals surface area contributed by atoms with Crippen molar-refractivity contribution in [3.8, 4) is 22.6 Å². The maximum atomic E-state index is 12.4. The molecule has 0 aliphatic carbocycles. The number of fused-ring (bicyclic) bond motifs is 1. The van der Waals surface area contributed by atoms with Crippen molar-refractivity contribution in [2.75, 3.05) is 38.1 Å². The van der Waals surface area contributed by atoms with Gasteiger partial charge in [0.2, 0.25) is 0 Å². The highest BCUT2D eigenvalue weighted by molar-refractivity contribution is 6.05. The fraction of sp³-hybridized carbons (Fsp3) is 0.292. The molecule has 1 aliphatic heterocycles. The lowest BCUT2D eigenvalue weighted by Crippen LogP contribution is -2.44. The molecule has 0 bridgehead atoms. The molecule has 3 aromatic heterocycles. The number of aryl methyl sites for hydroxylation is 1. The van der Waals surface area contributed by atoms with E-state index in [4.69, 9.17) is 9.97 Å². The van der Waals surface area contributed by atoms with E-state index in [1.807, 2.05) is 43.3 Å². The number of hydrogen-bond donors (Lipinski definition) is 2. The van der Waals surface area contributed by atoms with Crippen molar-refractivity contribution in [2.24, 2.45) is 0 Å². The highest BCUT2D eigenvalue weighted by Gasteiger charge is 2.23. The molecule has 1 saturated heterocycles. The first-order valence-electron chi connectivity index (χ1n) is 10.6. The summed E-state index contributed by atoms with van der Waals surface area (Å²) in [6.45, 7) is 7.52. The van der Waals surface area contributed by atoms with E-state index in [1.165, 1.54) is 0 Å². The first kappa shape index (κ1) is 19.5. The topological polar surface area (TPSA) is 80.9 Å². The van der Waals surface area contributed by atoms with E-state index < -0.39 is 0 Å². The van der Waals surface area contributed by atoms with Gasteiger partial charge in [-0.1, -0.05) is 30.3 Å². The molecule has 4 aromatic rings. The van der Waals surface area contributed by atoms with E-state index in [1.54, 1.807) is 6.92 Å². The molecule has 158 valence electrons. The molecule has 1 fully saturated rings. The Hall–Kier alpha value is -3.45. The first-order chi connectivity index (χ1) is 15.0. The molecule has 0 spiro atoms. The summed E-state index contributed by atoms with van der Waals surface area (Å²) in [4.78, 5) is 33.5. The highest BCUT2D eigenvalue weighted by Crippen LogP contribution is 2.36. The fourth-order valence-corrected chi connectivity index (χ4v) is 4.35. The summed E-state index contributed by atoms with van der Waals surface area (Å²) in [5.74, 6) is 1.67. The second-order valence-electron chi connectivity index (χ2n) is 8.21. The van der Waals surface area contributed by atoms with Gasteiger partial charge in [-0.25, -0.2) is 9.97 Å². The maximum absolute atomic E-state index is 12.4. The van der Waals surface area contributed by atoms with Gasteiger partial charge in [-0.3, -0.25) is 4.79 Å². The zero-order chi connectivity index (χ0) is 21.5. The number of aromatic amines is 2. The summed E-state index contributed by atoms with van der Waals surface area (Å²) in [7, 11) is 2.14. The minimum atomic E-state index is 0.0328. The van der Waals surface area contributed by atoms with Crippen molar-refractivity contribution < 1.29 is 4.79 Å². The zero-order valence-corrected chi connectivity index (χ0v) is 18.1. The number of anilines is 1. The molecule has 4 heterocycles. The van der Waals surface area contributed by atoms with Crippen LogP contribution in [0.1, 0.15) is 23.0 Å². The smallest absolute Gasteiger partial charge is 0.180 e. The number of piperazine rings is 1. The number of aromatic nitrogens is 4. The van der Waals surface area contributed by atoms with E-state index >= 15 is 0 Å². The lowest BCUT2D eigenvalue weighted by Gasteiger charge is -2.33. The van der Waals surface area contributed by atoms with Crippen molar-refractivity contribution in [1.82, 2.24) is 24.8 Å². The normalized spacial score (nSPS) is 15.0. The lowest BCUT2D eigenvalue weighted by atomic mass is 9.98. The van der Waals surface area contributed by atoms with Crippen LogP contribution in [0.15, 0.2) is 42.5 Å². The van der Waals surface area contributed by atoms with Crippen LogP contribution in [0, 0.1) is 6.92 Å². The van der Waals surface area contributed by atoms with Crippen LogP contribution in [-0.2, 0) is 0 Å². The predicted molar refractivity (Wildman–Crippen MR) is 124 cm³/mol. The summed E-state index contributed by atoms with van der Waals surface area (Å²) in [5.41, 5.74) is 5.78. The number of H-pyrrole nitrogens is 2. The number of pyridine rings is 1. The van der Waals surface area contributed by atoms with Crippen LogP contribution >= 0.6 is 0 Å². The SMILES string of the molecule is CC(=O)c1c(C)[nH]c(-c2nc3nc(N4CCN(C)CC4)ccc3[nH]2)c1-c1ccccc1. The highest BCUT2D eigenvalue weighted by atomic mass is 16.1. The molecular formula is C24H26N6O. The van der Waals surface area contributed by atoms with Gasteiger partial charge in [-0.2, -0.15) is 0 Å². The van der Waals surface area contributed by atoms with Crippen molar-refractivity contribution in [3.05, 3.63) is 53.7 Å². The van der Waals surface area contributed by atoms with Gasteiger partial charge in [-0.05, 0) is 38.6 Å². The number of nitrogens with one attached hydrogen (secondary N) is 2. The summed E-state index contributed by atoms with van der Waals surface area (Å²) in [5, 5.41) is 0. The minimum Gasteiger partial charge on any atom is -0.355 e. The average Bonchev–Trinajstić information content (AvgIpc) is 3.35. The monoisotopic (exact) mass is 414 g/mol. The second-order valence-corrected chi connectivity index (χ2v) is 8.21. The molecule has 5 rings (SSSR count). The third-order valence-electron chi connectivity index (χ3n) is 6.00. The van der Waals surface area contributed by atoms with Crippen LogP contribution in [0.2, 0.25) is 0 Å². The molecule has 0 unspecified atom stereocenters. The van der Waals surface area contributed by atoms with Crippen molar-refractivity contribution in [1.29, 1.82) is 0 Å². The standard InChI is InChI=1S/C24H26N6O/c1-15-20(16(2)31)21(17-7-5-4-6-8-17)22(25-15)24-26-18-9-10-19(27-23(18)28-24)30-13-11-29(3)12-14-30/h4-10,25H,11-14H2,1-3H3,(H,26,27,28). The van der Waals surface area contributed by atoms with Crippen LogP contribution in [-0.4, -0.2) is 63.8 Å². The van der Waals surface area contributed by atoms with Crippen LogP contribution in [0.3, 0.4) is 0 Å². The van der Waals surface area contributed by atoms with Gasteiger partial charge in [0.15, 0.2) is 17.3 Å². The molecule has 0 amide bonds. The Morgan fingerprint density at radius 2 is 1.71 bits per heavy atom. The molecule has 7 heteroatoms. The number of rotatable bonds is 4. The summed E-state index contributed by atoms with van der Waals surface area (Å²) in [6, 6.07) is 14.1. The Balaban J connectivity index is 1.60. The molecular weight excluding hydrogens is 388 g/mol. The van der Waals surface area contributed by atoms with Crippen LogP contribution in [0.4, 0.5) is 5.82 Å². The summed E-state index contributed by atoms with van der Waals surface area (Å²) >= 11 is 0. The number of benzene rings is 1. The third kappa shape index (κ3) is 3.51. The minimum absolute atomic E-state index is 0.0328. The molecule has 31 heavy (non-hydrogen) atoms. The summed E-state index contributed by atoms with van der Waals surface area (Å²) in [6.07, 6.45) is 0. The molecule has 0 atom stereocenters. The van der Waals surface area contributed by atoms with Gasteiger partial charge in [0.25, 0.3) is 0 Å². The van der Waals surface area contributed by atoms with Crippen molar-refractivity contribution in [2.45, 2.75) is 13.8 Å². The fourth-order valence-electron chi connectivity index (χ4n) is 4.35. The number of nitrogens with zero attached hydrogens (tertiary/aromatic N) is 4. The van der Waals surface area contributed by atoms with E-state index in [0.717, 1.165) is 60.0 Å². The van der Waals surface area contributed by atoms with Crippen LogP contribution in [0.5, 0.6) is 0 Å². The van der Waals surface area contributed by atoms with E-state index in [0.29, 0.717) is 17.0 Å². The number of likely N-dealkylation sites (N-methyl/N-ethyl adjacent to an activating group) is 1. The Morgan fingerprint density at radius 3 is 2.42 bits per heavy atom. The average molecular weight is 415 g/mol. The Morgan fingerprint density at radius 1 is 0.968 bits per heavy atom. The number of ketones is 1. The number of carbonyl (C=O) groups is 1. The molecule has 2 N–H and O–H groups in total. The molecule has 0 radical (unpaired) electrons. The van der Waals surface area contributed by atoms with Gasteiger partial charge in [0.1, 0.15) is 5.82 Å². The second kappa shape index (κ2) is 7.67. The molecule has 1 aliphatic rings. The number of hydrogen-bond acceptors (Lipinski definition) is 5. The molecule has 7 nitrogen and oxygen atoms in total. The van der Waals surface area contributed by atoms with Gasteiger partial charge in [0, 0.05) is 43.0 Å². The Kier molecular flexibility index (Phi) is 4.82. The first-order valence-corrected chi connectivity index (χ1v) is 10.6. The van der Waals surface area contributed by atoms with Crippen LogP contribution < -0.4 is 4.90 Å². The van der Waals surface area contributed by atoms with E-state index in [2.05, 4.69) is 32.9 Å². The molecule has 0 saturated carbocycles. The maximum Gasteiger partial charge on any atom is 0.180 e. The molecule has 1 aromatic carbocycles. The Bertz CT molecular complexity index is 1250. The summed E-state index contributed by atoms with van der Waals surface area (Å²) < 4.78 is 0. The van der Waals surface area contributed by atoms with Crippen molar-refractivity contribution in [3.63, 3.8) is 0 Å². The van der Waals surface area contributed by atoms with E-state index in [9.17, 15) is 4.79 Å². The number of imidazole rings is 1. The number of Topliss-reactive ketones (excluding diaryl/α,β-unsaturated/α-hetero) is 1. The van der Waals surface area contributed by atoms with Gasteiger partial charge < -0.3 is 19.8 Å². The van der Waals surface area contributed by atoms with Gasteiger partial charge in [0.05, 0.1) is 11.2 Å². The zero-order valence-electron chi connectivity index (χ0n) is 18.1. The third-order valence-corrected chi connectivity index (χ3v) is 6.00. The predicted octanol–water partition coefficient (Wildman–Crippen LogP) is 3.88.